The lowest BCUT2D eigenvalue weighted by Gasteiger charge is -2.24. The predicted octanol–water partition coefficient (Wildman–Crippen LogP) is 5.45. The quantitative estimate of drug-likeness (QED) is 0.218. The van der Waals surface area contributed by atoms with Crippen molar-refractivity contribution < 1.29 is 24.2 Å². The van der Waals surface area contributed by atoms with Crippen LogP contribution in [0.2, 0.25) is 15.1 Å². The van der Waals surface area contributed by atoms with Crippen molar-refractivity contribution in [3.8, 4) is 0 Å². The molecule has 1 aliphatic rings. The van der Waals surface area contributed by atoms with E-state index >= 15 is 0 Å². The van der Waals surface area contributed by atoms with Crippen LogP contribution in [-0.2, 0) is 14.3 Å². The van der Waals surface area contributed by atoms with Crippen LogP contribution < -0.4 is 5.32 Å². The van der Waals surface area contributed by atoms with Gasteiger partial charge in [-0.05, 0) is 52.7 Å². The summed E-state index contributed by atoms with van der Waals surface area (Å²) >= 11 is 18.3. The molecule has 0 saturated heterocycles. The number of aliphatic hydroxyl groups is 1. The number of aliphatic hydroxyl groups excluding tert-OH is 1. The Kier molecular flexibility index (Phi) is 7.32. The van der Waals surface area contributed by atoms with E-state index in [9.17, 15) is 14.7 Å². The second-order valence-corrected chi connectivity index (χ2v) is 9.02. The van der Waals surface area contributed by atoms with Crippen LogP contribution >= 0.6 is 34.8 Å². The number of carbonyl (C=O) groups excluding carboxylic acids is 2. The van der Waals surface area contributed by atoms with Crippen LogP contribution in [0.25, 0.3) is 0 Å². The van der Waals surface area contributed by atoms with Gasteiger partial charge < -0.3 is 19.9 Å². The number of hydrogen-bond donors (Lipinski definition) is 3. The largest absolute Gasteiger partial charge is 0.509 e. The van der Waals surface area contributed by atoms with Crippen molar-refractivity contribution >= 4 is 52.6 Å². The fourth-order valence-electron chi connectivity index (χ4n) is 2.71. The molecule has 1 fully saturated rings. The van der Waals surface area contributed by atoms with Gasteiger partial charge in [0, 0.05) is 10.6 Å². The van der Waals surface area contributed by atoms with E-state index < -0.39 is 40.2 Å². The molecule has 0 atom stereocenters. The van der Waals surface area contributed by atoms with Crippen LogP contribution in [0.5, 0.6) is 0 Å². The highest BCUT2D eigenvalue weighted by atomic mass is 35.5. The highest BCUT2D eigenvalue weighted by Crippen LogP contribution is 2.44. The second kappa shape index (κ2) is 9.04. The minimum absolute atomic E-state index is 0.00500. The summed E-state index contributed by atoms with van der Waals surface area (Å²) in [7, 11) is 0. The van der Waals surface area contributed by atoms with Crippen molar-refractivity contribution in [2.75, 3.05) is 6.61 Å². The van der Waals surface area contributed by atoms with E-state index in [0.717, 1.165) is 0 Å². The third-order valence-corrected chi connectivity index (χ3v) is 4.98. The van der Waals surface area contributed by atoms with Crippen LogP contribution in [0.15, 0.2) is 23.5 Å². The molecule has 2 rings (SSSR count). The number of ether oxygens (including phenoxy) is 2. The van der Waals surface area contributed by atoms with Crippen molar-refractivity contribution in [3.63, 3.8) is 0 Å². The van der Waals surface area contributed by atoms with Crippen LogP contribution in [0.4, 0.5) is 4.79 Å². The number of alkyl carbamates (subject to hydrolysis) is 1. The fraction of sp³-hybridized carbons (Fsp3) is 0.450. The van der Waals surface area contributed by atoms with Gasteiger partial charge in [-0.1, -0.05) is 34.8 Å². The zero-order valence-electron chi connectivity index (χ0n) is 17.0. The van der Waals surface area contributed by atoms with E-state index in [1.807, 2.05) is 0 Å². The maximum absolute atomic E-state index is 12.6. The molecule has 164 valence electrons. The van der Waals surface area contributed by atoms with E-state index in [1.165, 1.54) is 12.1 Å². The Labute approximate surface area is 189 Å². The van der Waals surface area contributed by atoms with Gasteiger partial charge >= 0.3 is 12.1 Å². The lowest BCUT2D eigenvalue weighted by molar-refractivity contribution is -0.138. The third-order valence-electron chi connectivity index (χ3n) is 4.17. The molecule has 10 heteroatoms. The molecule has 0 aliphatic heterocycles. The Morgan fingerprint density at radius 1 is 1.20 bits per heavy atom. The van der Waals surface area contributed by atoms with Gasteiger partial charge in [0.1, 0.15) is 22.5 Å². The van der Waals surface area contributed by atoms with E-state index in [-0.39, 0.29) is 27.2 Å². The maximum Gasteiger partial charge on any atom is 0.408 e. The van der Waals surface area contributed by atoms with Gasteiger partial charge in [-0.3, -0.25) is 5.41 Å². The summed E-state index contributed by atoms with van der Waals surface area (Å²) in [5, 5.41) is 22.4. The summed E-state index contributed by atoms with van der Waals surface area (Å²) in [5.41, 5.74) is -2.89. The van der Waals surface area contributed by atoms with Crippen LogP contribution in [0.3, 0.4) is 0 Å². The van der Waals surface area contributed by atoms with Crippen molar-refractivity contribution in [3.05, 3.63) is 44.1 Å². The maximum atomic E-state index is 12.6. The number of benzene rings is 1. The molecule has 1 saturated carbocycles. The Balaban J connectivity index is 2.51. The number of nitrogens with one attached hydrogen (secondary N) is 2. The third kappa shape index (κ3) is 5.59. The van der Waals surface area contributed by atoms with Gasteiger partial charge in [0.2, 0.25) is 0 Å². The highest BCUT2D eigenvalue weighted by molar-refractivity contribution is 6.44. The first-order valence-electron chi connectivity index (χ1n) is 9.17. The summed E-state index contributed by atoms with van der Waals surface area (Å²) in [4.78, 5) is 24.9. The first kappa shape index (κ1) is 24.3. The molecule has 0 aromatic heterocycles. The molecule has 0 bridgehead atoms. The molecule has 1 aromatic rings. The van der Waals surface area contributed by atoms with Gasteiger partial charge in [0.25, 0.3) is 0 Å². The summed E-state index contributed by atoms with van der Waals surface area (Å²) in [5.74, 6) is -1.46. The van der Waals surface area contributed by atoms with Crippen LogP contribution in [0, 0.1) is 5.41 Å². The Bertz CT molecular complexity index is 895. The Hall–Kier alpha value is -1.96. The van der Waals surface area contributed by atoms with Gasteiger partial charge in [0.15, 0.2) is 0 Å². The van der Waals surface area contributed by atoms with Crippen molar-refractivity contribution in [2.45, 2.75) is 51.7 Å². The number of rotatable bonds is 6. The summed E-state index contributed by atoms with van der Waals surface area (Å²) in [6.07, 6.45) is -0.0731. The minimum Gasteiger partial charge on any atom is -0.509 e. The van der Waals surface area contributed by atoms with Gasteiger partial charge in [0.05, 0.1) is 22.4 Å². The van der Waals surface area contributed by atoms with Crippen molar-refractivity contribution in [2.24, 2.45) is 0 Å². The normalized spacial score (nSPS) is 15.7. The van der Waals surface area contributed by atoms with Gasteiger partial charge in [-0.25, -0.2) is 9.59 Å². The molecular formula is C20H23Cl3N2O5. The van der Waals surface area contributed by atoms with Gasteiger partial charge in [-0.15, -0.1) is 0 Å². The number of carbonyl (C=O) groups is 2. The first-order chi connectivity index (χ1) is 13.8. The van der Waals surface area contributed by atoms with Gasteiger partial charge in [-0.2, -0.15) is 0 Å². The van der Waals surface area contributed by atoms with E-state index in [1.54, 1.807) is 27.7 Å². The molecule has 0 spiro atoms. The Morgan fingerprint density at radius 2 is 1.73 bits per heavy atom. The topological polar surface area (TPSA) is 109 Å². The molecule has 1 aliphatic carbocycles. The summed E-state index contributed by atoms with van der Waals surface area (Å²) in [6, 6.07) is 2.73. The standard InChI is InChI=1S/C20H23Cl3N2O5/c1-5-29-17(27)14(15(24)13-11(22)8-10(21)9-12(13)23)16(26)20(6-7-20)25-18(28)30-19(2,3)4/h8-9,24,26H,5-7H2,1-4H3,(H,25,28)/b16-14+,24-15?. The lowest BCUT2D eigenvalue weighted by Crippen LogP contribution is -2.43. The van der Waals surface area contributed by atoms with Crippen molar-refractivity contribution in [1.82, 2.24) is 5.32 Å². The first-order valence-corrected chi connectivity index (χ1v) is 10.3. The molecule has 30 heavy (non-hydrogen) atoms. The average Bonchev–Trinajstić information content (AvgIpc) is 3.33. The zero-order chi connectivity index (χ0) is 22.9. The molecule has 0 heterocycles. The zero-order valence-corrected chi connectivity index (χ0v) is 19.3. The van der Waals surface area contributed by atoms with E-state index in [4.69, 9.17) is 49.7 Å². The summed E-state index contributed by atoms with van der Waals surface area (Å²) in [6.45, 7) is 6.70. The number of esters is 1. The molecule has 1 aromatic carbocycles. The Morgan fingerprint density at radius 3 is 2.17 bits per heavy atom. The SMILES string of the molecule is CCOC(=O)/C(C(=N)c1c(Cl)cc(Cl)cc1Cl)=C(/O)C1(NC(=O)OC(C)(C)C)CC1. The molecule has 3 N–H and O–H groups in total. The molecule has 1 amide bonds. The smallest absolute Gasteiger partial charge is 0.408 e. The predicted molar refractivity (Wildman–Crippen MR) is 116 cm³/mol. The number of halogens is 3. The molecular weight excluding hydrogens is 455 g/mol. The number of hydrogen-bond acceptors (Lipinski definition) is 6. The summed E-state index contributed by atoms with van der Waals surface area (Å²) < 4.78 is 10.3. The monoisotopic (exact) mass is 476 g/mol. The van der Waals surface area contributed by atoms with E-state index in [0.29, 0.717) is 12.8 Å². The lowest BCUT2D eigenvalue weighted by atomic mass is 9.97. The van der Waals surface area contributed by atoms with E-state index in [2.05, 4.69) is 5.32 Å². The molecule has 7 nitrogen and oxygen atoms in total. The number of amides is 1. The minimum atomic E-state index is -1.25. The van der Waals surface area contributed by atoms with Crippen molar-refractivity contribution in [1.29, 1.82) is 5.41 Å². The second-order valence-electron chi connectivity index (χ2n) is 7.77. The average molecular weight is 478 g/mol. The molecule has 0 radical (unpaired) electrons. The molecule has 0 unspecified atom stereocenters. The van der Waals surface area contributed by atoms with Crippen LogP contribution in [-0.4, -0.2) is 40.6 Å². The highest BCUT2D eigenvalue weighted by Gasteiger charge is 2.52. The van der Waals surface area contributed by atoms with Crippen LogP contribution in [0.1, 0.15) is 46.1 Å². The fourth-order valence-corrected chi connectivity index (χ4v) is 3.72.